The highest BCUT2D eigenvalue weighted by Crippen LogP contribution is 2.08. The average molecular weight is 395 g/mol. The lowest BCUT2D eigenvalue weighted by Crippen LogP contribution is -2.20. The molecular weight excluding hydrogens is 348 g/mol. The first-order valence-electron chi connectivity index (χ1n) is 11.0. The number of hydrogen-bond acceptors (Lipinski definition) is 2. The summed E-state index contributed by atoms with van der Waals surface area (Å²) in [5.41, 5.74) is 0. The van der Waals surface area contributed by atoms with E-state index >= 15 is 0 Å². The smallest absolute Gasteiger partial charge is 0.222 e. The fraction of sp³-hybridized carbons (Fsp3) is 0.750. The molecule has 0 aromatic rings. The number of carbonyl (C=O) groups excluding carboxylic acids is 2. The minimum atomic E-state index is 0.230. The van der Waals surface area contributed by atoms with E-state index in [0.717, 1.165) is 38.5 Å². The van der Waals surface area contributed by atoms with Crippen LogP contribution in [0.3, 0.4) is 0 Å². The van der Waals surface area contributed by atoms with Gasteiger partial charge in [0.25, 0.3) is 0 Å². The van der Waals surface area contributed by atoms with Crippen molar-refractivity contribution in [2.24, 2.45) is 0 Å². The van der Waals surface area contributed by atoms with Crippen LogP contribution in [0.15, 0.2) is 24.8 Å². The van der Waals surface area contributed by atoms with Crippen LogP contribution < -0.4 is 0 Å². The molecule has 0 aliphatic heterocycles. The molecule has 0 atom stereocenters. The second kappa shape index (κ2) is 21.7. The molecule has 0 aliphatic carbocycles. The minimum absolute atomic E-state index is 0.230. The molecule has 2 amide bonds. The van der Waals surface area contributed by atoms with Gasteiger partial charge in [-0.2, -0.15) is 0 Å². The Morgan fingerprint density at radius 1 is 0.679 bits per heavy atom. The Kier molecular flexibility index (Phi) is 22.2. The predicted molar refractivity (Wildman–Crippen MR) is 122 cm³/mol. The molecule has 0 aromatic heterocycles. The SMILES string of the molecule is C=CCCCCCC(=O)N(C)C.CC/C=C/CCCCCCCC(=O)N(C)C. The summed E-state index contributed by atoms with van der Waals surface area (Å²) in [6.45, 7) is 5.81. The number of allylic oxidation sites excluding steroid dienone is 3. The maximum Gasteiger partial charge on any atom is 0.222 e. The number of unbranched alkanes of at least 4 members (excludes halogenated alkanes) is 8. The molecule has 0 spiro atoms. The van der Waals surface area contributed by atoms with Crippen LogP contribution in [0.2, 0.25) is 0 Å². The van der Waals surface area contributed by atoms with Gasteiger partial charge < -0.3 is 9.80 Å². The summed E-state index contributed by atoms with van der Waals surface area (Å²) in [5.74, 6) is 0.486. The molecule has 0 N–H and O–H groups in total. The topological polar surface area (TPSA) is 40.6 Å². The lowest BCUT2D eigenvalue weighted by Gasteiger charge is -2.09. The second-order valence-electron chi connectivity index (χ2n) is 7.65. The molecule has 28 heavy (non-hydrogen) atoms. The Bertz CT molecular complexity index is 415. The number of carbonyl (C=O) groups is 2. The first-order chi connectivity index (χ1) is 13.4. The van der Waals surface area contributed by atoms with Crippen molar-refractivity contribution in [3.8, 4) is 0 Å². The van der Waals surface area contributed by atoms with E-state index in [9.17, 15) is 9.59 Å². The molecule has 4 heteroatoms. The lowest BCUT2D eigenvalue weighted by molar-refractivity contribution is -0.129. The van der Waals surface area contributed by atoms with Crippen LogP contribution in [0.5, 0.6) is 0 Å². The van der Waals surface area contributed by atoms with E-state index in [4.69, 9.17) is 0 Å². The summed E-state index contributed by atoms with van der Waals surface area (Å²) in [6.07, 6.45) is 20.6. The largest absolute Gasteiger partial charge is 0.349 e. The highest BCUT2D eigenvalue weighted by Gasteiger charge is 2.02. The van der Waals surface area contributed by atoms with Crippen molar-refractivity contribution >= 4 is 11.8 Å². The quantitative estimate of drug-likeness (QED) is 0.253. The van der Waals surface area contributed by atoms with Gasteiger partial charge in [-0.1, -0.05) is 50.8 Å². The van der Waals surface area contributed by atoms with Crippen molar-refractivity contribution < 1.29 is 9.59 Å². The van der Waals surface area contributed by atoms with Gasteiger partial charge in [0.05, 0.1) is 0 Å². The molecule has 0 unspecified atom stereocenters. The molecule has 0 saturated heterocycles. The molecule has 0 radical (unpaired) electrons. The molecule has 0 fully saturated rings. The van der Waals surface area contributed by atoms with Crippen molar-refractivity contribution in [3.63, 3.8) is 0 Å². The van der Waals surface area contributed by atoms with Gasteiger partial charge in [-0.3, -0.25) is 9.59 Å². The average Bonchev–Trinajstić information content (AvgIpc) is 2.66. The van der Waals surface area contributed by atoms with Crippen molar-refractivity contribution in [2.75, 3.05) is 28.2 Å². The van der Waals surface area contributed by atoms with E-state index in [0.29, 0.717) is 12.8 Å². The monoisotopic (exact) mass is 394 g/mol. The van der Waals surface area contributed by atoms with Crippen LogP contribution in [0, 0.1) is 0 Å². The van der Waals surface area contributed by atoms with E-state index in [1.165, 1.54) is 32.1 Å². The molecule has 0 aliphatic rings. The van der Waals surface area contributed by atoms with Gasteiger partial charge in [0.15, 0.2) is 0 Å². The maximum absolute atomic E-state index is 11.3. The lowest BCUT2D eigenvalue weighted by atomic mass is 10.1. The van der Waals surface area contributed by atoms with Crippen LogP contribution >= 0.6 is 0 Å². The van der Waals surface area contributed by atoms with Gasteiger partial charge in [-0.25, -0.2) is 0 Å². The summed E-state index contributed by atoms with van der Waals surface area (Å²) in [6, 6.07) is 0. The van der Waals surface area contributed by atoms with Gasteiger partial charge in [0.2, 0.25) is 11.8 Å². The van der Waals surface area contributed by atoms with E-state index in [1.807, 2.05) is 20.2 Å². The zero-order valence-corrected chi connectivity index (χ0v) is 19.3. The summed E-state index contributed by atoms with van der Waals surface area (Å²) in [5, 5.41) is 0. The molecule has 4 nitrogen and oxygen atoms in total. The molecule has 0 saturated carbocycles. The fourth-order valence-electron chi connectivity index (χ4n) is 2.54. The molecule has 0 rings (SSSR count). The molecule has 0 heterocycles. The Morgan fingerprint density at radius 3 is 1.57 bits per heavy atom. The maximum atomic E-state index is 11.3. The minimum Gasteiger partial charge on any atom is -0.349 e. The molecule has 0 bridgehead atoms. The second-order valence-corrected chi connectivity index (χ2v) is 7.65. The highest BCUT2D eigenvalue weighted by molar-refractivity contribution is 5.75. The van der Waals surface area contributed by atoms with E-state index in [-0.39, 0.29) is 11.8 Å². The summed E-state index contributed by atoms with van der Waals surface area (Å²) in [4.78, 5) is 25.7. The van der Waals surface area contributed by atoms with Gasteiger partial charge in [-0.15, -0.1) is 6.58 Å². The third kappa shape index (κ3) is 22.5. The third-order valence-electron chi connectivity index (χ3n) is 4.46. The number of amides is 2. The van der Waals surface area contributed by atoms with Crippen molar-refractivity contribution in [1.82, 2.24) is 9.80 Å². The summed E-state index contributed by atoms with van der Waals surface area (Å²) < 4.78 is 0. The van der Waals surface area contributed by atoms with E-state index < -0.39 is 0 Å². The van der Waals surface area contributed by atoms with E-state index in [1.54, 1.807) is 23.9 Å². The Labute approximate surface area is 175 Å². The zero-order valence-electron chi connectivity index (χ0n) is 19.3. The van der Waals surface area contributed by atoms with Gasteiger partial charge in [0.1, 0.15) is 0 Å². The Balaban J connectivity index is 0. The first kappa shape index (κ1) is 28.6. The van der Waals surface area contributed by atoms with Crippen molar-refractivity contribution in [2.45, 2.75) is 90.4 Å². The summed E-state index contributed by atoms with van der Waals surface area (Å²) >= 11 is 0. The van der Waals surface area contributed by atoms with Crippen LogP contribution in [0.1, 0.15) is 90.4 Å². The van der Waals surface area contributed by atoms with Crippen LogP contribution in [0.25, 0.3) is 0 Å². The zero-order chi connectivity index (χ0) is 21.6. The van der Waals surface area contributed by atoms with E-state index in [2.05, 4.69) is 25.7 Å². The molecule has 164 valence electrons. The first-order valence-corrected chi connectivity index (χ1v) is 11.0. The number of nitrogens with zero attached hydrogens (tertiary/aromatic N) is 2. The van der Waals surface area contributed by atoms with Crippen molar-refractivity contribution in [1.29, 1.82) is 0 Å². The number of hydrogen-bond donors (Lipinski definition) is 0. The standard InChI is InChI=1S/C14H27NO.C10H19NO/c1-4-5-6-7-8-9-10-11-12-13-14(16)15(2)3;1-4-5-6-7-8-9-10(12)11(2)3/h5-6H,4,7-13H2,1-3H3;4H,1,5-9H2,2-3H3/b6-5+;. The normalized spacial score (nSPS) is 10.3. The predicted octanol–water partition coefficient (Wildman–Crippen LogP) is 5.98. The Morgan fingerprint density at radius 2 is 1.11 bits per heavy atom. The van der Waals surface area contributed by atoms with Crippen LogP contribution in [-0.4, -0.2) is 49.8 Å². The Hall–Kier alpha value is -1.58. The number of rotatable bonds is 15. The molecular formula is C24H46N2O2. The van der Waals surface area contributed by atoms with Gasteiger partial charge in [-0.05, 0) is 44.9 Å². The molecule has 0 aromatic carbocycles. The van der Waals surface area contributed by atoms with Gasteiger partial charge in [0, 0.05) is 41.0 Å². The van der Waals surface area contributed by atoms with Crippen molar-refractivity contribution in [3.05, 3.63) is 24.8 Å². The summed E-state index contributed by atoms with van der Waals surface area (Å²) in [7, 11) is 7.24. The van der Waals surface area contributed by atoms with Crippen LogP contribution in [0.4, 0.5) is 0 Å². The van der Waals surface area contributed by atoms with Gasteiger partial charge >= 0.3 is 0 Å². The fourth-order valence-corrected chi connectivity index (χ4v) is 2.54. The third-order valence-corrected chi connectivity index (χ3v) is 4.46. The highest BCUT2D eigenvalue weighted by atomic mass is 16.2. The van der Waals surface area contributed by atoms with Crippen LogP contribution in [-0.2, 0) is 9.59 Å².